The second-order valence-electron chi connectivity index (χ2n) is 6.00. The molecule has 1 fully saturated rings. The topological polar surface area (TPSA) is 114 Å². The van der Waals surface area contributed by atoms with Gasteiger partial charge in [0, 0.05) is 32.0 Å². The van der Waals surface area contributed by atoms with Crippen molar-refractivity contribution < 1.29 is 27.8 Å². The van der Waals surface area contributed by atoms with Gasteiger partial charge in [-0.1, -0.05) is 0 Å². The number of carboxylic acids is 1. The molecule has 0 amide bonds. The Morgan fingerprint density at radius 1 is 1.48 bits per heavy atom. The van der Waals surface area contributed by atoms with Crippen LogP contribution in [0, 0.1) is 0 Å². The highest BCUT2D eigenvalue weighted by atomic mass is 32.2. The summed E-state index contributed by atoms with van der Waals surface area (Å²) in [5, 5.41) is 12.4. The van der Waals surface area contributed by atoms with Crippen molar-refractivity contribution in [3.05, 3.63) is 23.8 Å². The molecular formula is C16H24N2O6S. The fourth-order valence-corrected chi connectivity index (χ4v) is 3.73. The molecule has 1 aliphatic heterocycles. The number of carboxylic acid groups (broad SMARTS) is 1. The van der Waals surface area contributed by atoms with E-state index in [1.54, 1.807) is 7.11 Å². The van der Waals surface area contributed by atoms with Crippen LogP contribution in [0.1, 0.15) is 30.1 Å². The summed E-state index contributed by atoms with van der Waals surface area (Å²) in [5.41, 5.74) is 0.234. The zero-order valence-corrected chi connectivity index (χ0v) is 15.1. The van der Waals surface area contributed by atoms with Crippen molar-refractivity contribution in [2.24, 2.45) is 0 Å². The molecule has 0 bridgehead atoms. The summed E-state index contributed by atoms with van der Waals surface area (Å²) >= 11 is 0. The molecule has 8 nitrogen and oxygen atoms in total. The molecule has 1 heterocycles. The van der Waals surface area contributed by atoms with Crippen molar-refractivity contribution in [2.45, 2.75) is 36.8 Å². The molecule has 0 unspecified atom stereocenters. The minimum Gasteiger partial charge on any atom is -0.478 e. The molecule has 9 heteroatoms. The Morgan fingerprint density at radius 3 is 2.84 bits per heavy atom. The molecule has 0 aliphatic carbocycles. The van der Waals surface area contributed by atoms with Gasteiger partial charge in [-0.15, -0.1) is 0 Å². The van der Waals surface area contributed by atoms with Gasteiger partial charge in [0.1, 0.15) is 0 Å². The molecule has 0 spiro atoms. The molecule has 1 saturated heterocycles. The smallest absolute Gasteiger partial charge is 0.337 e. The predicted octanol–water partition coefficient (Wildman–Crippen LogP) is 1.29. The van der Waals surface area contributed by atoms with Crippen molar-refractivity contribution >= 4 is 21.7 Å². The van der Waals surface area contributed by atoms with E-state index in [-0.39, 0.29) is 29.1 Å². The lowest BCUT2D eigenvalue weighted by Gasteiger charge is -2.17. The van der Waals surface area contributed by atoms with Crippen LogP contribution < -0.4 is 10.0 Å². The van der Waals surface area contributed by atoms with Gasteiger partial charge in [-0.3, -0.25) is 0 Å². The average molecular weight is 372 g/mol. The average Bonchev–Trinajstić information content (AvgIpc) is 3.06. The number of hydrogen-bond donors (Lipinski definition) is 3. The Hall–Kier alpha value is -1.68. The molecule has 1 aliphatic rings. The number of ether oxygens (including phenoxy) is 2. The van der Waals surface area contributed by atoms with Gasteiger partial charge in [0.2, 0.25) is 10.0 Å². The van der Waals surface area contributed by atoms with Crippen LogP contribution in [0.2, 0.25) is 0 Å². The first-order valence-corrected chi connectivity index (χ1v) is 9.56. The first-order valence-electron chi connectivity index (χ1n) is 8.07. The standard InChI is InChI=1S/C16H24N2O6S/c1-11(10-23-2)18-15-6-5-13(8-14(15)16(19)20)25(21,22)17-9-12-4-3-7-24-12/h5-6,8,11-12,17-18H,3-4,7,9-10H2,1-2H3,(H,19,20)/t11-,12-/m1/s1. The molecule has 25 heavy (non-hydrogen) atoms. The third kappa shape index (κ3) is 5.40. The van der Waals surface area contributed by atoms with Crippen LogP contribution in [0.25, 0.3) is 0 Å². The van der Waals surface area contributed by atoms with Crippen molar-refractivity contribution in [3.8, 4) is 0 Å². The van der Waals surface area contributed by atoms with E-state index in [1.807, 2.05) is 6.92 Å². The number of benzene rings is 1. The maximum atomic E-state index is 12.4. The molecule has 1 aromatic rings. The predicted molar refractivity (Wildman–Crippen MR) is 92.5 cm³/mol. The van der Waals surface area contributed by atoms with Crippen LogP contribution in [0.4, 0.5) is 5.69 Å². The molecule has 1 aromatic carbocycles. The molecular weight excluding hydrogens is 348 g/mol. The number of sulfonamides is 1. The first kappa shape index (κ1) is 19.6. The van der Waals surface area contributed by atoms with E-state index < -0.39 is 16.0 Å². The van der Waals surface area contributed by atoms with E-state index in [0.717, 1.165) is 18.9 Å². The maximum absolute atomic E-state index is 12.4. The molecule has 0 saturated carbocycles. The SMILES string of the molecule is COC[C@@H](C)Nc1ccc(S(=O)(=O)NC[C@H]2CCCO2)cc1C(=O)O. The fourth-order valence-electron chi connectivity index (χ4n) is 2.64. The minimum atomic E-state index is -3.81. The molecule has 140 valence electrons. The number of carbonyl (C=O) groups is 1. The van der Waals surface area contributed by atoms with Crippen molar-refractivity contribution in [1.29, 1.82) is 0 Å². The highest BCUT2D eigenvalue weighted by Gasteiger charge is 2.22. The van der Waals surface area contributed by atoms with Crippen LogP contribution in [-0.4, -0.2) is 58.5 Å². The summed E-state index contributed by atoms with van der Waals surface area (Å²) < 4.78 is 37.7. The van der Waals surface area contributed by atoms with Crippen LogP contribution in [0.5, 0.6) is 0 Å². The lowest BCUT2D eigenvalue weighted by Crippen LogP contribution is -2.32. The molecule has 0 aromatic heterocycles. The van der Waals surface area contributed by atoms with E-state index in [4.69, 9.17) is 9.47 Å². The maximum Gasteiger partial charge on any atom is 0.337 e. The summed E-state index contributed by atoms with van der Waals surface area (Å²) in [6, 6.07) is 3.87. The number of rotatable bonds is 9. The Labute approximate surface area is 147 Å². The first-order chi connectivity index (χ1) is 11.8. The van der Waals surface area contributed by atoms with Crippen molar-refractivity contribution in [3.63, 3.8) is 0 Å². The second kappa shape index (κ2) is 8.61. The van der Waals surface area contributed by atoms with Gasteiger partial charge < -0.3 is 19.9 Å². The third-order valence-electron chi connectivity index (χ3n) is 3.88. The van der Waals surface area contributed by atoms with Gasteiger partial charge in [0.05, 0.1) is 23.2 Å². The van der Waals surface area contributed by atoms with E-state index in [0.29, 0.717) is 18.9 Å². The van der Waals surface area contributed by atoms with Gasteiger partial charge in [0.25, 0.3) is 0 Å². The van der Waals surface area contributed by atoms with Gasteiger partial charge in [-0.2, -0.15) is 0 Å². The second-order valence-corrected chi connectivity index (χ2v) is 7.77. The van der Waals surface area contributed by atoms with Crippen LogP contribution >= 0.6 is 0 Å². The quantitative estimate of drug-likeness (QED) is 0.598. The molecule has 2 atom stereocenters. The Kier molecular flexibility index (Phi) is 6.77. The van der Waals surface area contributed by atoms with Gasteiger partial charge >= 0.3 is 5.97 Å². The Bertz CT molecular complexity index is 701. The van der Waals surface area contributed by atoms with Crippen LogP contribution in [-0.2, 0) is 19.5 Å². The Morgan fingerprint density at radius 2 is 2.24 bits per heavy atom. The van der Waals surface area contributed by atoms with Crippen molar-refractivity contribution in [2.75, 3.05) is 32.2 Å². The van der Waals surface area contributed by atoms with Gasteiger partial charge in [0.15, 0.2) is 0 Å². The van der Waals surface area contributed by atoms with Crippen molar-refractivity contribution in [1.82, 2.24) is 4.72 Å². The zero-order chi connectivity index (χ0) is 18.4. The Balaban J connectivity index is 2.17. The lowest BCUT2D eigenvalue weighted by molar-refractivity contribution is 0.0697. The van der Waals surface area contributed by atoms with Crippen LogP contribution in [0.3, 0.4) is 0 Å². The summed E-state index contributed by atoms with van der Waals surface area (Å²) in [4.78, 5) is 11.4. The molecule has 0 radical (unpaired) electrons. The molecule has 2 rings (SSSR count). The monoisotopic (exact) mass is 372 g/mol. The number of anilines is 1. The van der Waals surface area contributed by atoms with E-state index in [9.17, 15) is 18.3 Å². The summed E-state index contributed by atoms with van der Waals surface area (Å²) in [6.45, 7) is 3.04. The number of aromatic carboxylic acids is 1. The summed E-state index contributed by atoms with van der Waals surface area (Å²) in [7, 11) is -2.26. The largest absolute Gasteiger partial charge is 0.478 e. The normalized spacial score (nSPS) is 18.9. The highest BCUT2D eigenvalue weighted by molar-refractivity contribution is 7.89. The van der Waals surface area contributed by atoms with E-state index in [1.165, 1.54) is 12.1 Å². The summed E-state index contributed by atoms with van der Waals surface area (Å²) in [5.74, 6) is -1.21. The minimum absolute atomic E-state index is 0.0900. The number of nitrogens with one attached hydrogen (secondary N) is 2. The van der Waals surface area contributed by atoms with E-state index >= 15 is 0 Å². The third-order valence-corrected chi connectivity index (χ3v) is 5.30. The molecule has 3 N–H and O–H groups in total. The highest BCUT2D eigenvalue weighted by Crippen LogP contribution is 2.22. The summed E-state index contributed by atoms with van der Waals surface area (Å²) in [6.07, 6.45) is 1.59. The lowest BCUT2D eigenvalue weighted by atomic mass is 10.1. The van der Waals surface area contributed by atoms with E-state index in [2.05, 4.69) is 10.0 Å². The van der Waals surface area contributed by atoms with Crippen LogP contribution in [0.15, 0.2) is 23.1 Å². The number of hydrogen-bond acceptors (Lipinski definition) is 6. The zero-order valence-electron chi connectivity index (χ0n) is 14.3. The fraction of sp³-hybridized carbons (Fsp3) is 0.562. The van der Waals surface area contributed by atoms with Gasteiger partial charge in [-0.05, 0) is 38.0 Å². The van der Waals surface area contributed by atoms with Gasteiger partial charge in [-0.25, -0.2) is 17.9 Å². The number of methoxy groups -OCH3 is 1.